The van der Waals surface area contributed by atoms with Crippen molar-refractivity contribution in [2.45, 2.75) is 92.7 Å². The van der Waals surface area contributed by atoms with Gasteiger partial charge < -0.3 is 10.4 Å². The SMILES string of the molecule is CCC(O)NC(=O)C=C(C)CCC=C(C)CCC=C(C)CCC=C(C)C. The second-order valence-electron chi connectivity index (χ2n) is 7.42. The third-order valence-corrected chi connectivity index (χ3v) is 4.23. The van der Waals surface area contributed by atoms with E-state index in [0.29, 0.717) is 6.42 Å². The average molecular weight is 362 g/mol. The molecule has 0 heterocycles. The third kappa shape index (κ3) is 14.7. The zero-order chi connectivity index (χ0) is 19.9. The highest BCUT2D eigenvalue weighted by atomic mass is 16.3. The second-order valence-corrected chi connectivity index (χ2v) is 7.42. The van der Waals surface area contributed by atoms with Gasteiger partial charge in [0.1, 0.15) is 6.23 Å². The normalized spacial score (nSPS) is 14.2. The molecule has 3 nitrogen and oxygen atoms in total. The van der Waals surface area contributed by atoms with E-state index in [2.05, 4.69) is 51.2 Å². The first-order chi connectivity index (χ1) is 12.2. The number of carbonyl (C=O) groups excluding carboxylic acids is 1. The van der Waals surface area contributed by atoms with Crippen molar-refractivity contribution >= 4 is 5.91 Å². The lowest BCUT2D eigenvalue weighted by Gasteiger charge is -2.08. The number of nitrogens with one attached hydrogen (secondary N) is 1. The van der Waals surface area contributed by atoms with E-state index >= 15 is 0 Å². The Morgan fingerprint density at radius 2 is 1.31 bits per heavy atom. The molecule has 0 aromatic carbocycles. The highest BCUT2D eigenvalue weighted by Gasteiger charge is 2.03. The molecule has 0 saturated heterocycles. The maximum absolute atomic E-state index is 11.7. The van der Waals surface area contributed by atoms with Crippen LogP contribution >= 0.6 is 0 Å². The van der Waals surface area contributed by atoms with Gasteiger partial charge in [0.25, 0.3) is 0 Å². The van der Waals surface area contributed by atoms with Gasteiger partial charge >= 0.3 is 0 Å². The molecule has 0 aliphatic rings. The smallest absolute Gasteiger partial charge is 0.245 e. The molecule has 3 heteroatoms. The lowest BCUT2D eigenvalue weighted by molar-refractivity contribution is -0.119. The number of aliphatic hydroxyl groups excluding tert-OH is 1. The maximum Gasteiger partial charge on any atom is 0.245 e. The molecule has 1 amide bonds. The lowest BCUT2D eigenvalue weighted by atomic mass is 10.0. The minimum Gasteiger partial charge on any atom is -0.374 e. The van der Waals surface area contributed by atoms with E-state index in [1.54, 1.807) is 6.08 Å². The van der Waals surface area contributed by atoms with E-state index in [0.717, 1.165) is 44.1 Å². The molecule has 2 N–H and O–H groups in total. The Bertz CT molecular complexity index is 534. The fraction of sp³-hybridized carbons (Fsp3) is 0.609. The Morgan fingerprint density at radius 1 is 0.846 bits per heavy atom. The molecule has 0 aromatic rings. The first kappa shape index (κ1) is 24.4. The van der Waals surface area contributed by atoms with Crippen LogP contribution in [0.1, 0.15) is 86.5 Å². The van der Waals surface area contributed by atoms with E-state index in [4.69, 9.17) is 0 Å². The van der Waals surface area contributed by atoms with Crippen molar-refractivity contribution < 1.29 is 9.90 Å². The fourth-order valence-corrected chi connectivity index (χ4v) is 2.49. The van der Waals surface area contributed by atoms with Crippen LogP contribution in [0.3, 0.4) is 0 Å². The Balaban J connectivity index is 4.13. The van der Waals surface area contributed by atoms with Crippen molar-refractivity contribution in [3.8, 4) is 0 Å². The molecule has 148 valence electrons. The van der Waals surface area contributed by atoms with Gasteiger partial charge in [-0.2, -0.15) is 0 Å². The standard InChI is InChI=1S/C23H39NO2/c1-7-22(25)24-23(26)17-21(6)16-10-15-20(5)14-9-13-19(4)12-8-11-18(2)3/h11,13,15,17,22,25H,7-10,12,14,16H2,1-6H3,(H,24,26). The number of amides is 1. The predicted molar refractivity (Wildman–Crippen MR) is 113 cm³/mol. The third-order valence-electron chi connectivity index (χ3n) is 4.23. The van der Waals surface area contributed by atoms with Crippen molar-refractivity contribution in [2.75, 3.05) is 0 Å². The molecule has 0 fully saturated rings. The van der Waals surface area contributed by atoms with Crippen LogP contribution in [0.25, 0.3) is 0 Å². The van der Waals surface area contributed by atoms with Gasteiger partial charge in [-0.1, -0.05) is 47.4 Å². The van der Waals surface area contributed by atoms with Gasteiger partial charge in [-0.05, 0) is 79.6 Å². The van der Waals surface area contributed by atoms with Crippen LogP contribution in [0.4, 0.5) is 0 Å². The van der Waals surface area contributed by atoms with Gasteiger partial charge in [-0.25, -0.2) is 0 Å². The van der Waals surface area contributed by atoms with E-state index < -0.39 is 6.23 Å². The molecule has 26 heavy (non-hydrogen) atoms. The Morgan fingerprint density at radius 3 is 1.77 bits per heavy atom. The van der Waals surface area contributed by atoms with Crippen LogP contribution < -0.4 is 5.32 Å². The molecule has 0 saturated carbocycles. The second kappa shape index (κ2) is 14.5. The zero-order valence-corrected chi connectivity index (χ0v) is 17.7. The summed E-state index contributed by atoms with van der Waals surface area (Å²) in [7, 11) is 0. The van der Waals surface area contributed by atoms with Crippen LogP contribution in [0, 0.1) is 0 Å². The van der Waals surface area contributed by atoms with Crippen molar-refractivity contribution in [3.05, 3.63) is 46.6 Å². The maximum atomic E-state index is 11.7. The summed E-state index contributed by atoms with van der Waals surface area (Å²) in [6, 6.07) is 0. The molecule has 0 rings (SSSR count). The number of allylic oxidation sites excluding steroid dienone is 7. The first-order valence-corrected chi connectivity index (χ1v) is 9.85. The van der Waals surface area contributed by atoms with Crippen LogP contribution in [0.5, 0.6) is 0 Å². The van der Waals surface area contributed by atoms with E-state index in [9.17, 15) is 9.90 Å². The Kier molecular flexibility index (Phi) is 13.6. The summed E-state index contributed by atoms with van der Waals surface area (Å²) in [5.41, 5.74) is 5.29. The summed E-state index contributed by atoms with van der Waals surface area (Å²) in [5.74, 6) is -0.216. The summed E-state index contributed by atoms with van der Waals surface area (Å²) in [6.45, 7) is 12.5. The summed E-state index contributed by atoms with van der Waals surface area (Å²) in [5, 5.41) is 11.9. The first-order valence-electron chi connectivity index (χ1n) is 9.85. The van der Waals surface area contributed by atoms with E-state index in [-0.39, 0.29) is 5.91 Å². The van der Waals surface area contributed by atoms with Crippen LogP contribution in [0.2, 0.25) is 0 Å². The van der Waals surface area contributed by atoms with Gasteiger partial charge in [0.2, 0.25) is 5.91 Å². The highest BCUT2D eigenvalue weighted by molar-refractivity contribution is 5.88. The highest BCUT2D eigenvalue weighted by Crippen LogP contribution is 2.13. The predicted octanol–water partition coefficient (Wildman–Crippen LogP) is 5.98. The number of hydrogen-bond acceptors (Lipinski definition) is 2. The van der Waals surface area contributed by atoms with Crippen molar-refractivity contribution in [3.63, 3.8) is 0 Å². The molecule has 0 bridgehead atoms. The van der Waals surface area contributed by atoms with Gasteiger partial charge in [0.05, 0.1) is 0 Å². The molecular weight excluding hydrogens is 322 g/mol. The molecule has 0 aliphatic carbocycles. The molecule has 0 radical (unpaired) electrons. The van der Waals surface area contributed by atoms with Crippen molar-refractivity contribution in [2.24, 2.45) is 0 Å². The van der Waals surface area contributed by atoms with Gasteiger partial charge in [0, 0.05) is 6.08 Å². The summed E-state index contributed by atoms with van der Waals surface area (Å²) in [4.78, 5) is 11.7. The van der Waals surface area contributed by atoms with Crippen LogP contribution in [-0.2, 0) is 4.79 Å². The van der Waals surface area contributed by atoms with Crippen LogP contribution in [-0.4, -0.2) is 17.2 Å². The topological polar surface area (TPSA) is 49.3 Å². The number of carbonyl (C=O) groups is 1. The quantitative estimate of drug-likeness (QED) is 0.255. The van der Waals surface area contributed by atoms with Gasteiger partial charge in [-0.3, -0.25) is 4.79 Å². The number of aliphatic hydroxyl groups is 1. The lowest BCUT2D eigenvalue weighted by Crippen LogP contribution is -2.32. The Labute approximate surface area is 161 Å². The van der Waals surface area contributed by atoms with Gasteiger partial charge in [-0.15, -0.1) is 0 Å². The number of hydrogen-bond donors (Lipinski definition) is 2. The van der Waals surface area contributed by atoms with Crippen molar-refractivity contribution in [1.29, 1.82) is 0 Å². The summed E-state index contributed by atoms with van der Waals surface area (Å²) < 4.78 is 0. The average Bonchev–Trinajstić information content (AvgIpc) is 2.54. The van der Waals surface area contributed by atoms with E-state index in [1.807, 2.05) is 13.8 Å². The monoisotopic (exact) mass is 361 g/mol. The van der Waals surface area contributed by atoms with Gasteiger partial charge in [0.15, 0.2) is 0 Å². The number of rotatable bonds is 12. The molecular formula is C23H39NO2. The fourth-order valence-electron chi connectivity index (χ4n) is 2.49. The molecule has 1 atom stereocenters. The molecule has 0 aliphatic heterocycles. The summed E-state index contributed by atoms with van der Waals surface area (Å²) >= 11 is 0. The minimum absolute atomic E-state index is 0.216. The zero-order valence-electron chi connectivity index (χ0n) is 17.7. The van der Waals surface area contributed by atoms with Crippen molar-refractivity contribution in [1.82, 2.24) is 5.32 Å². The molecule has 0 aromatic heterocycles. The summed E-state index contributed by atoms with van der Waals surface area (Å²) in [6.07, 6.45) is 14.5. The minimum atomic E-state index is -0.757. The molecule has 0 spiro atoms. The van der Waals surface area contributed by atoms with E-state index in [1.165, 1.54) is 16.7 Å². The molecule has 1 unspecified atom stereocenters. The largest absolute Gasteiger partial charge is 0.374 e. The van der Waals surface area contributed by atoms with Crippen LogP contribution in [0.15, 0.2) is 46.6 Å². The Hall–Kier alpha value is -1.61.